The summed E-state index contributed by atoms with van der Waals surface area (Å²) in [5.74, 6) is -1.43. The van der Waals surface area contributed by atoms with Gasteiger partial charge in [0.2, 0.25) is 0 Å². The third kappa shape index (κ3) is 6.11. The van der Waals surface area contributed by atoms with Crippen molar-refractivity contribution in [1.82, 2.24) is 9.88 Å². The van der Waals surface area contributed by atoms with Crippen LogP contribution in [0.2, 0.25) is 0 Å². The molecular weight excluding hydrogens is 346 g/mol. The van der Waals surface area contributed by atoms with E-state index in [2.05, 4.69) is 15.2 Å². The number of anilines is 1. The highest BCUT2D eigenvalue weighted by Gasteiger charge is 2.21. The van der Waals surface area contributed by atoms with Crippen LogP contribution in [-0.2, 0) is 30.3 Å². The first-order chi connectivity index (χ1) is 12.1. The van der Waals surface area contributed by atoms with Crippen LogP contribution in [-0.4, -0.2) is 61.3 Å². The Labute approximate surface area is 150 Å². The Morgan fingerprint density at radius 1 is 1.28 bits per heavy atom. The lowest BCUT2D eigenvalue weighted by Crippen LogP contribution is -2.35. The SMILES string of the molecule is CCOC(=O)C(=CNc1cnc(CN2CCOCC2)s1)C(=O)OCC. The van der Waals surface area contributed by atoms with Gasteiger partial charge in [0.05, 0.1) is 39.2 Å². The number of nitrogens with one attached hydrogen (secondary N) is 1. The molecule has 0 bridgehead atoms. The fourth-order valence-electron chi connectivity index (χ4n) is 2.16. The van der Waals surface area contributed by atoms with Gasteiger partial charge in [-0.05, 0) is 13.8 Å². The molecule has 1 aliphatic heterocycles. The summed E-state index contributed by atoms with van der Waals surface area (Å²) < 4.78 is 15.1. The van der Waals surface area contributed by atoms with Gasteiger partial charge in [0.15, 0.2) is 5.57 Å². The van der Waals surface area contributed by atoms with E-state index >= 15 is 0 Å². The van der Waals surface area contributed by atoms with E-state index in [0.717, 1.165) is 42.9 Å². The van der Waals surface area contributed by atoms with Crippen LogP contribution in [0.1, 0.15) is 18.9 Å². The zero-order valence-electron chi connectivity index (χ0n) is 14.4. The molecule has 0 saturated carbocycles. The van der Waals surface area contributed by atoms with Crippen LogP contribution < -0.4 is 5.32 Å². The maximum absolute atomic E-state index is 11.9. The zero-order valence-corrected chi connectivity index (χ0v) is 15.3. The maximum atomic E-state index is 11.9. The number of esters is 2. The van der Waals surface area contributed by atoms with Crippen molar-refractivity contribution in [3.8, 4) is 0 Å². The van der Waals surface area contributed by atoms with Crippen LogP contribution in [0, 0.1) is 0 Å². The average molecular weight is 369 g/mol. The third-order valence-electron chi connectivity index (χ3n) is 3.37. The molecule has 138 valence electrons. The maximum Gasteiger partial charge on any atom is 0.347 e. The minimum absolute atomic E-state index is 0.174. The van der Waals surface area contributed by atoms with Crippen molar-refractivity contribution in [2.24, 2.45) is 0 Å². The molecule has 2 rings (SSSR count). The molecule has 0 spiro atoms. The summed E-state index contributed by atoms with van der Waals surface area (Å²) in [6, 6.07) is 0. The molecule has 1 N–H and O–H groups in total. The van der Waals surface area contributed by atoms with Crippen LogP contribution in [0.5, 0.6) is 0 Å². The lowest BCUT2D eigenvalue weighted by molar-refractivity contribution is -0.146. The largest absolute Gasteiger partial charge is 0.462 e. The van der Waals surface area contributed by atoms with E-state index in [4.69, 9.17) is 14.2 Å². The summed E-state index contributed by atoms with van der Waals surface area (Å²) in [4.78, 5) is 30.4. The van der Waals surface area contributed by atoms with Crippen molar-refractivity contribution in [3.05, 3.63) is 23.0 Å². The number of morpholine rings is 1. The second-order valence-electron chi connectivity index (χ2n) is 5.15. The zero-order chi connectivity index (χ0) is 18.1. The quantitative estimate of drug-likeness (QED) is 0.318. The van der Waals surface area contributed by atoms with Gasteiger partial charge < -0.3 is 19.5 Å². The molecule has 8 nitrogen and oxygen atoms in total. The molecule has 0 unspecified atom stereocenters. The Hall–Kier alpha value is -1.97. The molecule has 0 radical (unpaired) electrons. The molecule has 1 aromatic heterocycles. The highest BCUT2D eigenvalue weighted by Crippen LogP contribution is 2.21. The van der Waals surface area contributed by atoms with Crippen molar-refractivity contribution in [2.75, 3.05) is 44.8 Å². The van der Waals surface area contributed by atoms with Crippen molar-refractivity contribution in [3.63, 3.8) is 0 Å². The van der Waals surface area contributed by atoms with Crippen LogP contribution in [0.15, 0.2) is 18.0 Å². The van der Waals surface area contributed by atoms with E-state index in [1.165, 1.54) is 17.5 Å². The van der Waals surface area contributed by atoms with E-state index < -0.39 is 11.9 Å². The summed E-state index contributed by atoms with van der Waals surface area (Å²) in [5.41, 5.74) is -0.174. The van der Waals surface area contributed by atoms with Crippen molar-refractivity contribution in [1.29, 1.82) is 0 Å². The fourth-order valence-corrected chi connectivity index (χ4v) is 2.99. The van der Waals surface area contributed by atoms with E-state index in [0.29, 0.717) is 0 Å². The predicted octanol–water partition coefficient (Wildman–Crippen LogP) is 1.40. The van der Waals surface area contributed by atoms with Crippen molar-refractivity contribution in [2.45, 2.75) is 20.4 Å². The van der Waals surface area contributed by atoms with Gasteiger partial charge >= 0.3 is 11.9 Å². The summed E-state index contributed by atoms with van der Waals surface area (Å²) in [7, 11) is 0. The first kappa shape index (κ1) is 19.4. The Morgan fingerprint density at radius 2 is 1.92 bits per heavy atom. The molecule has 2 heterocycles. The van der Waals surface area contributed by atoms with Crippen molar-refractivity contribution < 1.29 is 23.8 Å². The number of carbonyl (C=O) groups excluding carboxylic acids is 2. The topological polar surface area (TPSA) is 90.0 Å². The molecule has 9 heteroatoms. The Kier molecular flexibility index (Phi) is 7.83. The smallest absolute Gasteiger partial charge is 0.347 e. The molecule has 0 aliphatic carbocycles. The van der Waals surface area contributed by atoms with Gasteiger partial charge in [-0.15, -0.1) is 11.3 Å². The minimum atomic E-state index is -0.716. The third-order valence-corrected chi connectivity index (χ3v) is 4.28. The van der Waals surface area contributed by atoms with Gasteiger partial charge in [0.1, 0.15) is 10.0 Å². The molecule has 0 amide bonds. The number of thiazole rings is 1. The molecule has 1 aromatic rings. The Morgan fingerprint density at radius 3 is 2.52 bits per heavy atom. The molecule has 1 aliphatic rings. The molecule has 1 fully saturated rings. The number of nitrogens with zero attached hydrogens (tertiary/aromatic N) is 2. The Balaban J connectivity index is 1.99. The first-order valence-corrected chi connectivity index (χ1v) is 9.01. The Bertz CT molecular complexity index is 591. The van der Waals surface area contributed by atoms with Crippen LogP contribution in [0.4, 0.5) is 5.00 Å². The number of carbonyl (C=O) groups is 2. The molecule has 25 heavy (non-hydrogen) atoms. The van der Waals surface area contributed by atoms with E-state index in [-0.39, 0.29) is 18.8 Å². The lowest BCUT2D eigenvalue weighted by Gasteiger charge is -2.25. The summed E-state index contributed by atoms with van der Waals surface area (Å²) in [5, 5.41) is 4.61. The van der Waals surface area contributed by atoms with Gasteiger partial charge in [0.25, 0.3) is 0 Å². The number of hydrogen-bond donors (Lipinski definition) is 1. The van der Waals surface area contributed by atoms with Gasteiger partial charge in [0, 0.05) is 19.3 Å². The van der Waals surface area contributed by atoms with E-state index in [1.54, 1.807) is 20.0 Å². The average Bonchev–Trinajstić information content (AvgIpc) is 3.04. The number of aromatic nitrogens is 1. The first-order valence-electron chi connectivity index (χ1n) is 8.19. The second-order valence-corrected chi connectivity index (χ2v) is 6.27. The van der Waals surface area contributed by atoms with Crippen molar-refractivity contribution >= 4 is 28.3 Å². The standard InChI is InChI=1S/C16H23N3O5S/c1-3-23-15(20)12(16(21)24-4-2)9-17-13-10-18-14(25-13)11-19-5-7-22-8-6-19/h9-10,17H,3-8,11H2,1-2H3. The summed E-state index contributed by atoms with van der Waals surface area (Å²) in [6.07, 6.45) is 2.98. The molecule has 0 atom stereocenters. The number of rotatable bonds is 8. The van der Waals surface area contributed by atoms with Gasteiger partial charge in [-0.25, -0.2) is 14.6 Å². The predicted molar refractivity (Wildman–Crippen MR) is 93.2 cm³/mol. The summed E-state index contributed by atoms with van der Waals surface area (Å²) >= 11 is 1.47. The van der Waals surface area contributed by atoms with Crippen LogP contribution in [0.3, 0.4) is 0 Å². The second kappa shape index (κ2) is 10.1. The highest BCUT2D eigenvalue weighted by atomic mass is 32.1. The molecular formula is C16H23N3O5S. The van der Waals surface area contributed by atoms with Gasteiger partial charge in [-0.2, -0.15) is 0 Å². The molecule has 0 aromatic carbocycles. The number of hydrogen-bond acceptors (Lipinski definition) is 9. The van der Waals surface area contributed by atoms with Crippen LogP contribution >= 0.6 is 11.3 Å². The number of ether oxygens (including phenoxy) is 3. The van der Waals surface area contributed by atoms with Gasteiger partial charge in [-0.3, -0.25) is 4.90 Å². The normalized spacial score (nSPS) is 14.6. The lowest BCUT2D eigenvalue weighted by atomic mass is 10.3. The summed E-state index contributed by atoms with van der Waals surface area (Å²) in [6.45, 7) is 7.71. The minimum Gasteiger partial charge on any atom is -0.462 e. The monoisotopic (exact) mass is 369 g/mol. The van der Waals surface area contributed by atoms with Gasteiger partial charge in [-0.1, -0.05) is 0 Å². The van der Waals surface area contributed by atoms with Crippen LogP contribution in [0.25, 0.3) is 0 Å². The van der Waals surface area contributed by atoms with E-state index in [9.17, 15) is 9.59 Å². The molecule has 1 saturated heterocycles. The van der Waals surface area contributed by atoms with E-state index in [1.807, 2.05) is 0 Å². The highest BCUT2D eigenvalue weighted by molar-refractivity contribution is 7.15. The fraction of sp³-hybridized carbons (Fsp3) is 0.562.